The quantitative estimate of drug-likeness (QED) is 0.644. The number of hydrogen-bond donors (Lipinski definition) is 0. The molecule has 2 heterocycles. The molecule has 0 saturated carbocycles. The number of aryl methyl sites for hydroxylation is 1. The van der Waals surface area contributed by atoms with Gasteiger partial charge in [-0.15, -0.1) is 5.10 Å². The highest BCUT2D eigenvalue weighted by molar-refractivity contribution is 5.92. The van der Waals surface area contributed by atoms with E-state index in [-0.39, 0.29) is 23.5 Å². The number of rotatable bonds is 6. The maximum Gasteiger partial charge on any atom is 0.276 e. The monoisotopic (exact) mass is 394 g/mol. The van der Waals surface area contributed by atoms with Crippen LogP contribution in [-0.2, 0) is 11.2 Å². The molecule has 0 spiro atoms. The Hall–Kier alpha value is -3.06. The Morgan fingerprint density at radius 2 is 2.10 bits per heavy atom. The summed E-state index contributed by atoms with van der Waals surface area (Å²) in [4.78, 5) is 15.1. The smallest absolute Gasteiger partial charge is 0.276 e. The van der Waals surface area contributed by atoms with Gasteiger partial charge in [-0.05, 0) is 49.1 Å². The molecule has 1 aliphatic heterocycles. The number of carbonyl (C=O) groups excluding carboxylic acids is 1. The van der Waals surface area contributed by atoms with Crippen LogP contribution in [0, 0.1) is 12.7 Å². The summed E-state index contributed by atoms with van der Waals surface area (Å²) in [7, 11) is 0. The largest absolute Gasteiger partial charge is 0.379 e. The molecule has 4 rings (SSSR count). The van der Waals surface area contributed by atoms with Gasteiger partial charge in [0.1, 0.15) is 5.82 Å². The molecule has 1 amide bonds. The van der Waals surface area contributed by atoms with Gasteiger partial charge in [-0.25, -0.2) is 9.07 Å². The van der Waals surface area contributed by atoms with Crippen molar-refractivity contribution >= 4 is 5.91 Å². The Morgan fingerprint density at radius 1 is 1.28 bits per heavy atom. The summed E-state index contributed by atoms with van der Waals surface area (Å²) in [5.74, 6) is -0.474. The van der Waals surface area contributed by atoms with Crippen molar-refractivity contribution in [1.29, 1.82) is 0 Å². The Morgan fingerprint density at radius 3 is 2.83 bits per heavy atom. The van der Waals surface area contributed by atoms with E-state index in [1.54, 1.807) is 19.2 Å². The van der Waals surface area contributed by atoms with Crippen LogP contribution in [0.3, 0.4) is 0 Å². The van der Waals surface area contributed by atoms with Crippen LogP contribution in [0.5, 0.6) is 0 Å². The van der Waals surface area contributed by atoms with Crippen LogP contribution < -0.4 is 0 Å². The lowest BCUT2D eigenvalue weighted by molar-refractivity contribution is 0.0650. The van der Waals surface area contributed by atoms with Crippen molar-refractivity contribution in [3.05, 3.63) is 77.4 Å². The van der Waals surface area contributed by atoms with Crippen LogP contribution in [0.1, 0.15) is 28.0 Å². The number of halogens is 1. The van der Waals surface area contributed by atoms with E-state index in [0.29, 0.717) is 25.4 Å². The third-order valence-electron chi connectivity index (χ3n) is 5.21. The van der Waals surface area contributed by atoms with Gasteiger partial charge in [0.2, 0.25) is 0 Å². The van der Waals surface area contributed by atoms with Gasteiger partial charge >= 0.3 is 0 Å². The zero-order valence-corrected chi connectivity index (χ0v) is 16.3. The highest BCUT2D eigenvalue weighted by Gasteiger charge is 2.29. The minimum atomic E-state index is -0.309. The van der Waals surface area contributed by atoms with Gasteiger partial charge in [-0.3, -0.25) is 4.79 Å². The predicted molar refractivity (Wildman–Crippen MR) is 106 cm³/mol. The molecule has 1 aliphatic rings. The number of carbonyl (C=O) groups is 1. The molecule has 0 bridgehead atoms. The van der Waals surface area contributed by atoms with Crippen LogP contribution in [0.25, 0.3) is 5.69 Å². The van der Waals surface area contributed by atoms with Gasteiger partial charge in [0, 0.05) is 13.2 Å². The van der Waals surface area contributed by atoms with Crippen LogP contribution in [0.4, 0.5) is 4.39 Å². The molecule has 1 saturated heterocycles. The minimum Gasteiger partial charge on any atom is -0.379 e. The molecule has 0 aliphatic carbocycles. The van der Waals surface area contributed by atoms with E-state index < -0.39 is 0 Å². The fraction of sp³-hybridized carbons (Fsp3) is 0.318. The van der Waals surface area contributed by atoms with Crippen LogP contribution in [0.15, 0.2) is 54.7 Å². The fourth-order valence-electron chi connectivity index (χ4n) is 3.61. The van der Waals surface area contributed by atoms with Gasteiger partial charge in [0.15, 0.2) is 5.69 Å². The average Bonchev–Trinajstić information content (AvgIpc) is 3.41. The van der Waals surface area contributed by atoms with Crippen LogP contribution >= 0.6 is 0 Å². The van der Waals surface area contributed by atoms with E-state index in [4.69, 9.17) is 4.74 Å². The Bertz CT molecular complexity index is 983. The summed E-state index contributed by atoms with van der Waals surface area (Å²) in [5.41, 5.74) is 2.86. The van der Waals surface area contributed by atoms with Crippen molar-refractivity contribution in [2.45, 2.75) is 25.8 Å². The number of amides is 1. The highest BCUT2D eigenvalue weighted by atomic mass is 19.1. The Labute approximate surface area is 168 Å². The zero-order valence-electron chi connectivity index (χ0n) is 16.3. The molecular formula is C22H23FN4O2. The topological polar surface area (TPSA) is 60.2 Å². The van der Waals surface area contributed by atoms with Crippen LogP contribution in [-0.4, -0.2) is 51.6 Å². The maximum absolute atomic E-state index is 13.4. The fourth-order valence-corrected chi connectivity index (χ4v) is 3.61. The highest BCUT2D eigenvalue weighted by Crippen LogP contribution is 2.18. The van der Waals surface area contributed by atoms with E-state index in [0.717, 1.165) is 18.4 Å². The number of benzene rings is 2. The number of nitrogens with zero attached hydrogens (tertiary/aromatic N) is 4. The second-order valence-electron chi connectivity index (χ2n) is 7.23. The molecule has 0 N–H and O–H groups in total. The molecule has 0 unspecified atom stereocenters. The van der Waals surface area contributed by atoms with E-state index >= 15 is 0 Å². The van der Waals surface area contributed by atoms with Crippen molar-refractivity contribution in [2.24, 2.45) is 0 Å². The number of hydrogen-bond acceptors (Lipinski definition) is 4. The second kappa shape index (κ2) is 8.53. The minimum absolute atomic E-state index is 0.0314. The molecule has 1 aromatic heterocycles. The molecular weight excluding hydrogens is 371 g/mol. The Balaban J connectivity index is 1.55. The van der Waals surface area contributed by atoms with Crippen molar-refractivity contribution in [3.8, 4) is 5.69 Å². The maximum atomic E-state index is 13.4. The zero-order chi connectivity index (χ0) is 20.2. The third-order valence-corrected chi connectivity index (χ3v) is 5.21. The molecule has 150 valence electrons. The van der Waals surface area contributed by atoms with Gasteiger partial charge in [0.05, 0.1) is 24.5 Å². The summed E-state index contributed by atoms with van der Waals surface area (Å²) in [6.07, 6.45) is 3.17. The third kappa shape index (κ3) is 4.35. The summed E-state index contributed by atoms with van der Waals surface area (Å²) >= 11 is 0. The van der Waals surface area contributed by atoms with Crippen molar-refractivity contribution < 1.29 is 13.9 Å². The summed E-state index contributed by atoms with van der Waals surface area (Å²) < 4.78 is 20.4. The number of aromatic nitrogens is 3. The molecule has 1 fully saturated rings. The normalized spacial score (nSPS) is 16.1. The molecule has 0 radical (unpaired) electrons. The van der Waals surface area contributed by atoms with Crippen molar-refractivity contribution in [2.75, 3.05) is 19.8 Å². The van der Waals surface area contributed by atoms with Gasteiger partial charge in [-0.1, -0.05) is 35.5 Å². The lowest BCUT2D eigenvalue weighted by atomic mass is 10.1. The molecule has 3 aromatic rings. The molecule has 6 nitrogen and oxygen atoms in total. The standard InChI is InChI=1S/C22H23FN4O2/c1-16-13-18(23)7-8-21(16)27-14-20(24-25-27)22(28)26(19-10-12-29-15-19)11-9-17-5-3-2-4-6-17/h2-8,13-14,19H,9-12,15H2,1H3/t19-/m0/s1. The first-order valence-corrected chi connectivity index (χ1v) is 9.73. The average molecular weight is 394 g/mol. The molecule has 29 heavy (non-hydrogen) atoms. The predicted octanol–water partition coefficient (Wildman–Crippen LogP) is 3.19. The summed E-state index contributed by atoms with van der Waals surface area (Å²) in [6, 6.07) is 14.5. The molecule has 7 heteroatoms. The molecule has 2 aromatic carbocycles. The van der Waals surface area contributed by atoms with Crippen molar-refractivity contribution in [1.82, 2.24) is 19.9 Å². The van der Waals surface area contributed by atoms with Gasteiger partial charge in [-0.2, -0.15) is 0 Å². The first-order valence-electron chi connectivity index (χ1n) is 9.73. The first-order chi connectivity index (χ1) is 14.1. The van der Waals surface area contributed by atoms with Crippen LogP contribution in [0.2, 0.25) is 0 Å². The lowest BCUT2D eigenvalue weighted by Crippen LogP contribution is -2.42. The van der Waals surface area contributed by atoms with E-state index in [2.05, 4.69) is 22.4 Å². The first kappa shape index (κ1) is 19.3. The SMILES string of the molecule is Cc1cc(F)ccc1-n1cc(C(=O)N(CCc2ccccc2)[C@H]2CCOC2)nn1. The van der Waals surface area contributed by atoms with Crippen molar-refractivity contribution in [3.63, 3.8) is 0 Å². The Kier molecular flexibility index (Phi) is 5.67. The second-order valence-corrected chi connectivity index (χ2v) is 7.23. The summed E-state index contributed by atoms with van der Waals surface area (Å²) in [6.45, 7) is 3.57. The van der Waals surface area contributed by atoms with Gasteiger partial charge < -0.3 is 9.64 Å². The van der Waals surface area contributed by atoms with E-state index in [1.807, 2.05) is 23.1 Å². The van der Waals surface area contributed by atoms with E-state index in [1.165, 1.54) is 22.4 Å². The van der Waals surface area contributed by atoms with Gasteiger partial charge in [0.25, 0.3) is 5.91 Å². The number of ether oxygens (including phenoxy) is 1. The lowest BCUT2D eigenvalue weighted by Gasteiger charge is -2.27. The molecule has 1 atom stereocenters. The van der Waals surface area contributed by atoms with E-state index in [9.17, 15) is 9.18 Å². The summed E-state index contributed by atoms with van der Waals surface area (Å²) in [5, 5.41) is 8.18.